The third-order valence-corrected chi connectivity index (χ3v) is 4.83. The molecule has 0 aliphatic heterocycles. The molecule has 0 unspecified atom stereocenters. The molecule has 0 aliphatic rings. The van der Waals surface area contributed by atoms with Gasteiger partial charge in [0.1, 0.15) is 16.5 Å². The lowest BCUT2D eigenvalue weighted by Gasteiger charge is -2.09. The molecule has 2 N–H and O–H groups in total. The van der Waals surface area contributed by atoms with Crippen LogP contribution in [0.25, 0.3) is 10.2 Å². The molecule has 3 rings (SSSR count). The molecule has 0 atom stereocenters. The zero-order chi connectivity index (χ0) is 19.2. The van der Waals surface area contributed by atoms with Crippen LogP contribution in [-0.4, -0.2) is 37.6 Å². The van der Waals surface area contributed by atoms with Gasteiger partial charge in [0.25, 0.3) is 5.91 Å². The molecule has 8 heteroatoms. The Labute approximate surface area is 160 Å². The number of ether oxygens (including phenoxy) is 2. The van der Waals surface area contributed by atoms with Gasteiger partial charge in [-0.25, -0.2) is 4.98 Å². The van der Waals surface area contributed by atoms with Gasteiger partial charge in [0, 0.05) is 11.6 Å². The Balaban J connectivity index is 1.53. The molecule has 1 aromatic heterocycles. The summed E-state index contributed by atoms with van der Waals surface area (Å²) in [5.74, 6) is 0.319. The normalized spacial score (nSPS) is 10.4. The maximum atomic E-state index is 12.3. The number of thiazole rings is 1. The second-order valence-electron chi connectivity index (χ2n) is 5.64. The molecule has 0 saturated heterocycles. The van der Waals surface area contributed by atoms with Gasteiger partial charge in [-0.1, -0.05) is 12.1 Å². The van der Waals surface area contributed by atoms with Crippen molar-refractivity contribution in [3.05, 3.63) is 53.0 Å². The quantitative estimate of drug-likeness (QED) is 0.652. The minimum atomic E-state index is -0.387. The average Bonchev–Trinajstić information content (AvgIpc) is 3.13. The summed E-state index contributed by atoms with van der Waals surface area (Å²) < 4.78 is 11.4. The molecule has 140 valence electrons. The molecule has 1 heterocycles. The smallest absolute Gasteiger partial charge is 0.251 e. The van der Waals surface area contributed by atoms with Crippen LogP contribution in [0.3, 0.4) is 0 Å². The van der Waals surface area contributed by atoms with Gasteiger partial charge in [-0.2, -0.15) is 0 Å². The van der Waals surface area contributed by atoms with Crippen molar-refractivity contribution < 1.29 is 19.1 Å². The highest BCUT2D eigenvalue weighted by atomic mass is 32.1. The van der Waals surface area contributed by atoms with Crippen molar-refractivity contribution in [1.29, 1.82) is 0 Å². The summed E-state index contributed by atoms with van der Waals surface area (Å²) in [5, 5.41) is 6.16. The molecule has 0 spiro atoms. The number of fused-ring (bicyclic) bond motifs is 1. The fourth-order valence-corrected chi connectivity index (χ4v) is 3.34. The molecule has 0 radical (unpaired) electrons. The standard InChI is InChI=1S/C19H19N3O4S/c1-25-13-7-12(8-14(9-13)26-2)19(24)21-10-17(23)20-11-18-22-15-5-3-4-6-16(15)27-18/h3-9H,10-11H2,1-2H3,(H,20,23)(H,21,24). The summed E-state index contributed by atoms with van der Waals surface area (Å²) >= 11 is 1.53. The molecule has 3 aromatic rings. The number of hydrogen-bond donors (Lipinski definition) is 2. The number of nitrogens with one attached hydrogen (secondary N) is 2. The summed E-state index contributed by atoms with van der Waals surface area (Å²) in [7, 11) is 3.01. The molecule has 7 nitrogen and oxygen atoms in total. The van der Waals surface area contributed by atoms with Gasteiger partial charge in [0.2, 0.25) is 5.91 Å². The lowest BCUT2D eigenvalue weighted by atomic mass is 10.2. The van der Waals surface area contributed by atoms with Gasteiger partial charge in [-0.15, -0.1) is 11.3 Å². The van der Waals surface area contributed by atoms with E-state index in [4.69, 9.17) is 9.47 Å². The van der Waals surface area contributed by atoms with E-state index in [-0.39, 0.29) is 18.4 Å². The molecule has 0 fully saturated rings. The van der Waals surface area contributed by atoms with Crippen molar-refractivity contribution in [3.8, 4) is 11.5 Å². The van der Waals surface area contributed by atoms with E-state index in [1.807, 2.05) is 24.3 Å². The maximum Gasteiger partial charge on any atom is 0.251 e. The van der Waals surface area contributed by atoms with Gasteiger partial charge in [-0.05, 0) is 24.3 Å². The van der Waals surface area contributed by atoms with Crippen LogP contribution in [0.5, 0.6) is 11.5 Å². The lowest BCUT2D eigenvalue weighted by Crippen LogP contribution is -2.36. The first-order valence-electron chi connectivity index (χ1n) is 8.21. The van der Waals surface area contributed by atoms with E-state index >= 15 is 0 Å². The number of nitrogens with zero attached hydrogens (tertiary/aromatic N) is 1. The van der Waals surface area contributed by atoms with E-state index in [0.29, 0.717) is 23.6 Å². The number of para-hydroxylation sites is 1. The van der Waals surface area contributed by atoms with Gasteiger partial charge in [0.15, 0.2) is 0 Å². The zero-order valence-corrected chi connectivity index (χ0v) is 15.8. The average molecular weight is 385 g/mol. The maximum absolute atomic E-state index is 12.3. The molecule has 0 saturated carbocycles. The Hall–Kier alpha value is -3.13. The van der Waals surface area contributed by atoms with Crippen molar-refractivity contribution >= 4 is 33.4 Å². The summed E-state index contributed by atoms with van der Waals surface area (Å²) in [5.41, 5.74) is 1.26. The first kappa shape index (κ1) is 18.7. The topological polar surface area (TPSA) is 89.5 Å². The first-order valence-corrected chi connectivity index (χ1v) is 9.03. The highest BCUT2D eigenvalue weighted by Gasteiger charge is 2.12. The minimum absolute atomic E-state index is 0.136. The number of carbonyl (C=O) groups is 2. The van der Waals surface area contributed by atoms with E-state index in [9.17, 15) is 9.59 Å². The number of aromatic nitrogens is 1. The Bertz CT molecular complexity index is 915. The van der Waals surface area contributed by atoms with E-state index in [2.05, 4.69) is 15.6 Å². The van der Waals surface area contributed by atoms with Crippen molar-refractivity contribution in [2.24, 2.45) is 0 Å². The summed E-state index contributed by atoms with van der Waals surface area (Å²) in [6, 6.07) is 12.6. The largest absolute Gasteiger partial charge is 0.497 e. The van der Waals surface area contributed by atoms with Crippen molar-refractivity contribution in [2.45, 2.75) is 6.54 Å². The second kappa shape index (κ2) is 8.50. The number of methoxy groups -OCH3 is 2. The monoisotopic (exact) mass is 385 g/mol. The van der Waals surface area contributed by atoms with Crippen LogP contribution in [0.2, 0.25) is 0 Å². The molecular weight excluding hydrogens is 366 g/mol. The predicted octanol–water partition coefficient (Wildman–Crippen LogP) is 2.36. The van der Waals surface area contributed by atoms with Crippen LogP contribution in [0.1, 0.15) is 15.4 Å². The van der Waals surface area contributed by atoms with Crippen LogP contribution >= 0.6 is 11.3 Å². The molecule has 2 amide bonds. The van der Waals surface area contributed by atoms with Crippen LogP contribution in [0.15, 0.2) is 42.5 Å². The van der Waals surface area contributed by atoms with E-state index in [1.54, 1.807) is 18.2 Å². The van der Waals surface area contributed by atoms with Gasteiger partial charge >= 0.3 is 0 Å². The van der Waals surface area contributed by atoms with E-state index in [1.165, 1.54) is 25.6 Å². The first-order chi connectivity index (χ1) is 13.1. The Morgan fingerprint density at radius 1 is 1.04 bits per heavy atom. The van der Waals surface area contributed by atoms with Gasteiger partial charge < -0.3 is 20.1 Å². The molecule has 2 aromatic carbocycles. The fourth-order valence-electron chi connectivity index (χ4n) is 2.43. The number of hydrogen-bond acceptors (Lipinski definition) is 6. The minimum Gasteiger partial charge on any atom is -0.497 e. The second-order valence-corrected chi connectivity index (χ2v) is 6.75. The highest BCUT2D eigenvalue weighted by molar-refractivity contribution is 7.18. The van der Waals surface area contributed by atoms with Crippen molar-refractivity contribution in [3.63, 3.8) is 0 Å². The summed E-state index contributed by atoms with van der Waals surface area (Å²) in [6.07, 6.45) is 0. The van der Waals surface area contributed by atoms with Gasteiger partial charge in [-0.3, -0.25) is 9.59 Å². The number of amides is 2. The summed E-state index contributed by atoms with van der Waals surface area (Å²) in [4.78, 5) is 28.7. The SMILES string of the molecule is COc1cc(OC)cc(C(=O)NCC(=O)NCc2nc3ccccc3s2)c1. The zero-order valence-electron chi connectivity index (χ0n) is 14.9. The number of rotatable bonds is 7. The predicted molar refractivity (Wildman–Crippen MR) is 103 cm³/mol. The molecular formula is C19H19N3O4S. The number of carbonyl (C=O) groups excluding carboxylic acids is 2. The van der Waals surface area contributed by atoms with E-state index < -0.39 is 0 Å². The highest BCUT2D eigenvalue weighted by Crippen LogP contribution is 2.22. The Morgan fingerprint density at radius 3 is 2.41 bits per heavy atom. The summed E-state index contributed by atoms with van der Waals surface area (Å²) in [6.45, 7) is 0.185. The van der Waals surface area contributed by atoms with Crippen molar-refractivity contribution in [2.75, 3.05) is 20.8 Å². The van der Waals surface area contributed by atoms with E-state index in [0.717, 1.165) is 15.2 Å². The third kappa shape index (κ3) is 4.73. The Kier molecular flexibility index (Phi) is 5.87. The fraction of sp³-hybridized carbons (Fsp3) is 0.211. The van der Waals surface area contributed by atoms with Gasteiger partial charge in [0.05, 0.1) is 37.5 Å². The van der Waals surface area contributed by atoms with Crippen LogP contribution in [0, 0.1) is 0 Å². The lowest BCUT2D eigenvalue weighted by molar-refractivity contribution is -0.120. The van der Waals surface area contributed by atoms with Crippen LogP contribution < -0.4 is 20.1 Å². The van der Waals surface area contributed by atoms with Crippen LogP contribution in [0.4, 0.5) is 0 Å². The Morgan fingerprint density at radius 2 is 1.74 bits per heavy atom. The molecule has 0 aliphatic carbocycles. The molecule has 0 bridgehead atoms. The third-order valence-electron chi connectivity index (χ3n) is 3.80. The number of benzene rings is 2. The van der Waals surface area contributed by atoms with Crippen LogP contribution in [-0.2, 0) is 11.3 Å². The molecule has 27 heavy (non-hydrogen) atoms. The van der Waals surface area contributed by atoms with Crippen molar-refractivity contribution in [1.82, 2.24) is 15.6 Å².